The van der Waals surface area contributed by atoms with Crippen LogP contribution in [0.4, 0.5) is 0 Å². The van der Waals surface area contributed by atoms with Gasteiger partial charge in [0.15, 0.2) is 0 Å². The quantitative estimate of drug-likeness (QED) is 0.471. The van der Waals surface area contributed by atoms with Crippen molar-refractivity contribution >= 4 is 0 Å². The van der Waals surface area contributed by atoms with Gasteiger partial charge in [-0.25, -0.2) is 23.8 Å². The fraction of sp³-hybridized carbons (Fsp3) is 0.429. The van der Waals surface area contributed by atoms with Gasteiger partial charge in [-0.2, -0.15) is 12.2 Å². The van der Waals surface area contributed by atoms with Crippen LogP contribution in [-0.2, 0) is 26.2 Å². The summed E-state index contributed by atoms with van der Waals surface area (Å²) in [5.74, 6) is 0. The van der Waals surface area contributed by atoms with E-state index < -0.39 is 0 Å². The SMILES string of the molecule is CC(C1=[C-]CC=C1)N(C)C.[C-]1=CC=CC1.[Cl-].[Cl-].[Zr+4]. The average Bonchev–Trinajstić information content (AvgIpc) is 2.92. The van der Waals surface area contributed by atoms with Crippen LogP contribution in [-0.4, -0.2) is 25.0 Å². The fourth-order valence-corrected chi connectivity index (χ4v) is 1.33. The van der Waals surface area contributed by atoms with Crippen LogP contribution < -0.4 is 24.8 Å². The van der Waals surface area contributed by atoms with E-state index >= 15 is 0 Å². The maximum Gasteiger partial charge on any atom is 4.00 e. The average molecular weight is 363 g/mol. The minimum Gasteiger partial charge on any atom is -1.00 e. The molecule has 0 aromatic rings. The van der Waals surface area contributed by atoms with Crippen LogP contribution in [0.15, 0.2) is 36.0 Å². The molecule has 0 aliphatic heterocycles. The van der Waals surface area contributed by atoms with Gasteiger partial charge in [-0.1, -0.05) is 0 Å². The van der Waals surface area contributed by atoms with E-state index in [1.54, 1.807) is 0 Å². The number of rotatable bonds is 2. The molecule has 1 atom stereocenters. The predicted octanol–water partition coefficient (Wildman–Crippen LogP) is -3.06. The molecule has 0 radical (unpaired) electrons. The van der Waals surface area contributed by atoms with Crippen LogP contribution in [0.3, 0.4) is 0 Å². The second kappa shape index (κ2) is 13.8. The van der Waals surface area contributed by atoms with Gasteiger partial charge in [0, 0.05) is 0 Å². The number of allylic oxidation sites excluding steroid dienone is 6. The second-order valence-electron chi connectivity index (χ2n) is 3.88. The van der Waals surface area contributed by atoms with E-state index in [9.17, 15) is 0 Å². The van der Waals surface area contributed by atoms with E-state index in [-0.39, 0.29) is 51.0 Å². The topological polar surface area (TPSA) is 3.24 Å². The first-order valence-corrected chi connectivity index (χ1v) is 5.37. The van der Waals surface area contributed by atoms with Crippen molar-refractivity contribution in [3.63, 3.8) is 0 Å². The minimum atomic E-state index is 0. The molecule has 2 aliphatic carbocycles. The molecule has 0 spiro atoms. The normalized spacial score (nSPS) is 15.9. The molecule has 2 rings (SSSR count). The number of likely N-dealkylation sites (N-methyl/N-ethyl adjacent to an activating group) is 1. The van der Waals surface area contributed by atoms with E-state index in [1.807, 2.05) is 12.2 Å². The van der Waals surface area contributed by atoms with Crippen LogP contribution >= 0.6 is 0 Å². The first-order valence-electron chi connectivity index (χ1n) is 5.37. The first kappa shape index (κ1) is 23.5. The molecule has 0 bridgehead atoms. The molecule has 0 saturated carbocycles. The zero-order valence-electron chi connectivity index (χ0n) is 11.1. The summed E-state index contributed by atoms with van der Waals surface area (Å²) in [5.41, 5.74) is 1.32. The van der Waals surface area contributed by atoms with Gasteiger partial charge >= 0.3 is 26.2 Å². The van der Waals surface area contributed by atoms with Crippen LogP contribution in [0, 0.1) is 12.2 Å². The molecule has 0 saturated heterocycles. The summed E-state index contributed by atoms with van der Waals surface area (Å²) in [6, 6.07) is 0.513. The van der Waals surface area contributed by atoms with Gasteiger partial charge in [0.25, 0.3) is 0 Å². The van der Waals surface area contributed by atoms with Gasteiger partial charge in [0.2, 0.25) is 0 Å². The summed E-state index contributed by atoms with van der Waals surface area (Å²) >= 11 is 0. The largest absolute Gasteiger partial charge is 4.00 e. The van der Waals surface area contributed by atoms with Crippen molar-refractivity contribution in [2.45, 2.75) is 25.8 Å². The number of halogens is 2. The molecule has 1 unspecified atom stereocenters. The molecule has 0 aromatic carbocycles. The molecule has 18 heavy (non-hydrogen) atoms. The predicted molar refractivity (Wildman–Crippen MR) is 65.2 cm³/mol. The van der Waals surface area contributed by atoms with Crippen LogP contribution in [0.5, 0.6) is 0 Å². The first-order chi connectivity index (χ1) is 7.22. The molecule has 1 nitrogen and oxygen atoms in total. The van der Waals surface area contributed by atoms with Crippen molar-refractivity contribution in [3.05, 3.63) is 48.1 Å². The molecule has 2 aliphatic rings. The van der Waals surface area contributed by atoms with Crippen LogP contribution in [0.2, 0.25) is 0 Å². The number of hydrogen-bond acceptors (Lipinski definition) is 1. The Morgan fingerprint density at radius 1 is 1.17 bits per heavy atom. The second-order valence-corrected chi connectivity index (χ2v) is 3.88. The van der Waals surface area contributed by atoms with Gasteiger partial charge in [0.05, 0.1) is 0 Å². The van der Waals surface area contributed by atoms with E-state index in [1.165, 1.54) is 5.57 Å². The minimum absolute atomic E-state index is 0. The Labute approximate surface area is 143 Å². The third-order valence-electron chi connectivity index (χ3n) is 2.53. The van der Waals surface area contributed by atoms with Crippen LogP contribution in [0.25, 0.3) is 0 Å². The molecule has 0 heterocycles. The zero-order valence-corrected chi connectivity index (χ0v) is 15.1. The molecule has 0 fully saturated rings. The molecule has 0 amide bonds. The third kappa shape index (κ3) is 9.33. The van der Waals surface area contributed by atoms with Crippen molar-refractivity contribution in [2.75, 3.05) is 14.1 Å². The smallest absolute Gasteiger partial charge is 1.00 e. The molecule has 0 N–H and O–H groups in total. The molecular weight excluding hydrogens is 344 g/mol. The van der Waals surface area contributed by atoms with Crippen molar-refractivity contribution in [3.8, 4) is 0 Å². The number of nitrogens with zero attached hydrogens (tertiary/aromatic N) is 1. The van der Waals surface area contributed by atoms with Crippen molar-refractivity contribution in [1.29, 1.82) is 0 Å². The van der Waals surface area contributed by atoms with E-state index in [2.05, 4.69) is 56.3 Å². The van der Waals surface area contributed by atoms with Gasteiger partial charge < -0.3 is 29.7 Å². The maximum absolute atomic E-state index is 3.30. The Morgan fingerprint density at radius 2 is 1.83 bits per heavy atom. The number of hydrogen-bond donors (Lipinski definition) is 0. The molecule has 4 heteroatoms. The van der Waals surface area contributed by atoms with Crippen molar-refractivity contribution in [2.24, 2.45) is 0 Å². The summed E-state index contributed by atoms with van der Waals surface area (Å²) in [6.45, 7) is 2.19. The monoisotopic (exact) mass is 361 g/mol. The standard InChI is InChI=1S/C9H14N.C5H5.2ClH.Zr/c1-8(10(2)3)9-6-4-5-7-9;1-2-4-5-3-1;;;/h4,6,8H,5H2,1-3H3;1-3H,4H2;2*1H;/q2*-1;;;+4/p-2. The Morgan fingerprint density at radius 3 is 2.11 bits per heavy atom. The Bertz CT molecular complexity index is 297. The van der Waals surface area contributed by atoms with E-state index in [4.69, 9.17) is 0 Å². The van der Waals surface area contributed by atoms with Gasteiger partial charge in [-0.05, 0) is 27.1 Å². The summed E-state index contributed by atoms with van der Waals surface area (Å²) in [7, 11) is 4.18. The molecular formula is C14H19Cl2NZr. The Hall–Kier alpha value is 0.383. The summed E-state index contributed by atoms with van der Waals surface area (Å²) in [4.78, 5) is 2.19. The third-order valence-corrected chi connectivity index (χ3v) is 2.53. The van der Waals surface area contributed by atoms with Crippen molar-refractivity contribution in [1.82, 2.24) is 4.90 Å². The van der Waals surface area contributed by atoms with Gasteiger partial charge in [0.1, 0.15) is 0 Å². The summed E-state index contributed by atoms with van der Waals surface area (Å²) in [5, 5.41) is 0. The summed E-state index contributed by atoms with van der Waals surface area (Å²) < 4.78 is 0. The van der Waals surface area contributed by atoms with Gasteiger partial charge in [-0.15, -0.1) is 12.8 Å². The van der Waals surface area contributed by atoms with Crippen LogP contribution in [0.1, 0.15) is 19.8 Å². The molecule has 98 valence electrons. The zero-order chi connectivity index (χ0) is 11.1. The van der Waals surface area contributed by atoms with Gasteiger partial charge in [-0.3, -0.25) is 12.2 Å². The maximum atomic E-state index is 3.30. The van der Waals surface area contributed by atoms with E-state index in [0.29, 0.717) is 6.04 Å². The molecule has 0 aromatic heterocycles. The fourth-order valence-electron chi connectivity index (χ4n) is 1.33. The van der Waals surface area contributed by atoms with Crippen molar-refractivity contribution < 1.29 is 51.0 Å². The Balaban J connectivity index is -0.000000245. The Kier molecular flexibility index (Phi) is 18.0. The van der Waals surface area contributed by atoms with E-state index in [0.717, 1.165) is 12.8 Å². The summed E-state index contributed by atoms with van der Waals surface area (Å²) in [6.07, 6.45) is 18.6.